The molecular formula is C11H17N3S2. The molecule has 0 bridgehead atoms. The third-order valence-electron chi connectivity index (χ3n) is 3.31. The number of nitrogens with one attached hydrogen (secondary N) is 1. The van der Waals surface area contributed by atoms with Crippen molar-refractivity contribution >= 4 is 23.3 Å². The first kappa shape index (κ1) is 11.0. The Morgan fingerprint density at radius 3 is 2.69 bits per heavy atom. The fourth-order valence-corrected chi connectivity index (χ4v) is 3.60. The van der Waals surface area contributed by atoms with Crippen LogP contribution >= 0.6 is 23.3 Å². The summed E-state index contributed by atoms with van der Waals surface area (Å²) in [6, 6.07) is 0.829. The molecule has 1 N–H and O–H groups in total. The quantitative estimate of drug-likeness (QED) is 0.600. The molecule has 2 saturated carbocycles. The topological polar surface area (TPSA) is 37.8 Å². The third kappa shape index (κ3) is 2.96. The van der Waals surface area contributed by atoms with Crippen molar-refractivity contribution in [3.05, 3.63) is 6.33 Å². The average Bonchev–Trinajstić information content (AvgIpc) is 3.20. The molecule has 1 aromatic rings. The largest absolute Gasteiger partial charge is 0.313 e. The van der Waals surface area contributed by atoms with Crippen molar-refractivity contribution in [3.8, 4) is 0 Å². The number of aromatic nitrogens is 2. The van der Waals surface area contributed by atoms with Crippen molar-refractivity contribution in [1.29, 1.82) is 0 Å². The van der Waals surface area contributed by atoms with Crippen LogP contribution in [0.15, 0.2) is 10.7 Å². The molecule has 1 aromatic heterocycles. The van der Waals surface area contributed by atoms with Gasteiger partial charge in [-0.05, 0) is 49.1 Å². The summed E-state index contributed by atoms with van der Waals surface area (Å²) >= 11 is 3.31. The van der Waals surface area contributed by atoms with E-state index in [-0.39, 0.29) is 0 Å². The highest BCUT2D eigenvalue weighted by atomic mass is 32.2. The third-order valence-corrected chi connectivity index (χ3v) is 5.11. The Morgan fingerprint density at radius 2 is 2.12 bits per heavy atom. The predicted molar refractivity (Wildman–Crippen MR) is 67.9 cm³/mol. The zero-order valence-corrected chi connectivity index (χ0v) is 10.9. The van der Waals surface area contributed by atoms with Gasteiger partial charge in [-0.3, -0.25) is 0 Å². The highest BCUT2D eigenvalue weighted by Gasteiger charge is 2.40. The predicted octanol–water partition coefficient (Wildman–Crippen LogP) is 2.41. The maximum Gasteiger partial charge on any atom is 0.169 e. The lowest BCUT2D eigenvalue weighted by molar-refractivity contribution is 0.429. The van der Waals surface area contributed by atoms with Crippen LogP contribution < -0.4 is 5.32 Å². The maximum absolute atomic E-state index is 4.17. The Bertz CT molecular complexity index is 308. The van der Waals surface area contributed by atoms with Crippen LogP contribution in [-0.2, 0) is 0 Å². The van der Waals surface area contributed by atoms with Gasteiger partial charge >= 0.3 is 0 Å². The second kappa shape index (κ2) is 5.02. The van der Waals surface area contributed by atoms with Crippen molar-refractivity contribution in [1.82, 2.24) is 14.7 Å². The van der Waals surface area contributed by atoms with Gasteiger partial charge in [0.05, 0.1) is 0 Å². The normalized spacial score (nSPS) is 20.6. The van der Waals surface area contributed by atoms with Crippen molar-refractivity contribution < 1.29 is 0 Å². The molecule has 0 radical (unpaired) electrons. The Balaban J connectivity index is 1.35. The molecule has 88 valence electrons. The van der Waals surface area contributed by atoms with Gasteiger partial charge in [0.1, 0.15) is 6.33 Å². The average molecular weight is 255 g/mol. The van der Waals surface area contributed by atoms with Gasteiger partial charge in [0.25, 0.3) is 0 Å². The summed E-state index contributed by atoms with van der Waals surface area (Å²) in [6.45, 7) is 1.11. The summed E-state index contributed by atoms with van der Waals surface area (Å²) < 4.78 is 5.10. The summed E-state index contributed by atoms with van der Waals surface area (Å²) in [4.78, 5) is 4.17. The molecule has 0 saturated heterocycles. The molecule has 0 aliphatic heterocycles. The molecule has 0 amide bonds. The van der Waals surface area contributed by atoms with E-state index in [1.54, 1.807) is 6.33 Å². The molecule has 3 rings (SSSR count). The van der Waals surface area contributed by atoms with Gasteiger partial charge in [-0.1, -0.05) is 11.8 Å². The van der Waals surface area contributed by atoms with Gasteiger partial charge in [0.2, 0.25) is 0 Å². The molecule has 3 nitrogen and oxygen atoms in total. The maximum atomic E-state index is 4.17. The van der Waals surface area contributed by atoms with Crippen LogP contribution in [0.2, 0.25) is 0 Å². The summed E-state index contributed by atoms with van der Waals surface area (Å²) in [6.07, 6.45) is 7.46. The molecule has 2 aliphatic carbocycles. The van der Waals surface area contributed by atoms with E-state index in [4.69, 9.17) is 0 Å². The SMILES string of the molecule is c1nsc(SCCNC(C2CC2)C2CC2)n1. The van der Waals surface area contributed by atoms with Gasteiger partial charge in [-0.2, -0.15) is 4.37 Å². The summed E-state index contributed by atoms with van der Waals surface area (Å²) in [5.74, 6) is 3.11. The molecule has 0 unspecified atom stereocenters. The minimum Gasteiger partial charge on any atom is -0.313 e. The van der Waals surface area contributed by atoms with Crippen LogP contribution in [0.4, 0.5) is 0 Å². The number of hydrogen-bond donors (Lipinski definition) is 1. The zero-order chi connectivity index (χ0) is 10.8. The summed E-state index contributed by atoms with van der Waals surface area (Å²) in [5, 5.41) is 3.74. The molecular weight excluding hydrogens is 238 g/mol. The van der Waals surface area contributed by atoms with E-state index in [0.717, 1.165) is 34.5 Å². The Morgan fingerprint density at radius 1 is 1.38 bits per heavy atom. The lowest BCUT2D eigenvalue weighted by Gasteiger charge is -2.16. The van der Waals surface area contributed by atoms with Crippen LogP contribution in [0.25, 0.3) is 0 Å². The van der Waals surface area contributed by atoms with Gasteiger partial charge < -0.3 is 5.32 Å². The van der Waals surface area contributed by atoms with E-state index in [9.17, 15) is 0 Å². The van der Waals surface area contributed by atoms with E-state index >= 15 is 0 Å². The first-order chi connectivity index (χ1) is 7.93. The molecule has 0 spiro atoms. The Kier molecular flexibility index (Phi) is 3.45. The fraction of sp³-hybridized carbons (Fsp3) is 0.818. The smallest absolute Gasteiger partial charge is 0.169 e. The Labute approximate surface area is 105 Å². The van der Waals surface area contributed by atoms with Crippen LogP contribution in [-0.4, -0.2) is 27.7 Å². The fourth-order valence-electron chi connectivity index (χ4n) is 2.22. The first-order valence-corrected chi connectivity index (χ1v) is 7.82. The van der Waals surface area contributed by atoms with E-state index in [1.807, 2.05) is 11.8 Å². The van der Waals surface area contributed by atoms with Crippen molar-refractivity contribution in [3.63, 3.8) is 0 Å². The van der Waals surface area contributed by atoms with Crippen LogP contribution in [0.3, 0.4) is 0 Å². The van der Waals surface area contributed by atoms with E-state index < -0.39 is 0 Å². The zero-order valence-electron chi connectivity index (χ0n) is 9.26. The van der Waals surface area contributed by atoms with E-state index in [0.29, 0.717) is 0 Å². The summed E-state index contributed by atoms with van der Waals surface area (Å²) in [7, 11) is 0. The second-order valence-corrected chi connectivity index (χ2v) is 6.83. The standard InChI is InChI=1S/C11H17N3S2/c1-2-8(1)10(9-3-4-9)12-5-6-15-11-13-7-14-16-11/h7-10,12H,1-6H2. The monoisotopic (exact) mass is 255 g/mol. The lowest BCUT2D eigenvalue weighted by atomic mass is 10.1. The Hall–Kier alpha value is -0.130. The minimum atomic E-state index is 0.829. The van der Waals surface area contributed by atoms with Gasteiger partial charge in [0, 0.05) is 18.3 Å². The lowest BCUT2D eigenvalue weighted by Crippen LogP contribution is -2.34. The first-order valence-electron chi connectivity index (χ1n) is 6.06. The molecule has 0 aromatic carbocycles. The number of hydrogen-bond acceptors (Lipinski definition) is 5. The number of nitrogens with zero attached hydrogens (tertiary/aromatic N) is 2. The molecule has 0 atom stereocenters. The molecule has 1 heterocycles. The van der Waals surface area contributed by atoms with E-state index in [1.165, 1.54) is 37.2 Å². The summed E-state index contributed by atoms with van der Waals surface area (Å²) in [5.41, 5.74) is 0. The molecule has 5 heteroatoms. The van der Waals surface area contributed by atoms with Gasteiger partial charge in [0.15, 0.2) is 4.34 Å². The van der Waals surface area contributed by atoms with Crippen molar-refractivity contribution in [2.24, 2.45) is 11.8 Å². The molecule has 2 aliphatic rings. The van der Waals surface area contributed by atoms with Gasteiger partial charge in [-0.15, -0.1) is 0 Å². The minimum absolute atomic E-state index is 0.829. The van der Waals surface area contributed by atoms with Crippen LogP contribution in [0.5, 0.6) is 0 Å². The highest BCUT2D eigenvalue weighted by Crippen LogP contribution is 2.44. The van der Waals surface area contributed by atoms with Crippen molar-refractivity contribution in [2.75, 3.05) is 12.3 Å². The van der Waals surface area contributed by atoms with E-state index in [2.05, 4.69) is 14.7 Å². The van der Waals surface area contributed by atoms with Gasteiger partial charge in [-0.25, -0.2) is 4.98 Å². The van der Waals surface area contributed by atoms with Crippen LogP contribution in [0.1, 0.15) is 25.7 Å². The molecule has 16 heavy (non-hydrogen) atoms. The highest BCUT2D eigenvalue weighted by molar-refractivity contribution is 8.00. The number of thioether (sulfide) groups is 1. The second-order valence-electron chi connectivity index (χ2n) is 4.71. The number of rotatable bonds is 7. The van der Waals surface area contributed by atoms with Crippen LogP contribution in [0, 0.1) is 11.8 Å². The molecule has 2 fully saturated rings. The van der Waals surface area contributed by atoms with Crippen molar-refractivity contribution in [2.45, 2.75) is 36.1 Å².